The van der Waals surface area contributed by atoms with Crippen molar-refractivity contribution < 1.29 is 4.42 Å². The van der Waals surface area contributed by atoms with E-state index in [9.17, 15) is 4.79 Å². The smallest absolute Gasteiger partial charge is 0.336 e. The van der Waals surface area contributed by atoms with E-state index in [4.69, 9.17) is 4.42 Å². The summed E-state index contributed by atoms with van der Waals surface area (Å²) >= 11 is 0. The van der Waals surface area contributed by atoms with Gasteiger partial charge in [0.2, 0.25) is 0 Å². The first kappa shape index (κ1) is 10.5. The van der Waals surface area contributed by atoms with E-state index in [0.717, 1.165) is 12.0 Å². The van der Waals surface area contributed by atoms with Crippen molar-refractivity contribution in [3.63, 3.8) is 0 Å². The summed E-state index contributed by atoms with van der Waals surface area (Å²) in [6, 6.07) is 3.26. The van der Waals surface area contributed by atoms with Gasteiger partial charge in [-0.3, -0.25) is 0 Å². The van der Waals surface area contributed by atoms with Crippen LogP contribution >= 0.6 is 0 Å². The minimum absolute atomic E-state index is 0.291. The van der Waals surface area contributed by atoms with E-state index in [0.29, 0.717) is 5.76 Å². The fourth-order valence-corrected chi connectivity index (χ4v) is 1.18. The van der Waals surface area contributed by atoms with Gasteiger partial charge in [-0.15, -0.1) is 0 Å². The molecule has 0 saturated carbocycles. The molecule has 0 bridgehead atoms. The van der Waals surface area contributed by atoms with Crippen molar-refractivity contribution >= 4 is 6.08 Å². The highest BCUT2D eigenvalue weighted by atomic mass is 16.4. The molecule has 1 heterocycles. The first-order chi connectivity index (χ1) is 6.86. The van der Waals surface area contributed by atoms with Crippen LogP contribution in [0.3, 0.4) is 0 Å². The zero-order valence-electron chi connectivity index (χ0n) is 8.49. The molecule has 0 radical (unpaired) electrons. The molecule has 0 spiro atoms. The fraction of sp³-hybridized carbons (Fsp3) is 0.250. The maximum Gasteiger partial charge on any atom is 0.336 e. The molecule has 0 N–H and O–H groups in total. The van der Waals surface area contributed by atoms with E-state index in [-0.39, 0.29) is 5.63 Å². The van der Waals surface area contributed by atoms with Crippen molar-refractivity contribution in [2.24, 2.45) is 0 Å². The third kappa shape index (κ3) is 2.46. The minimum atomic E-state index is -0.291. The Morgan fingerprint density at radius 2 is 2.00 bits per heavy atom. The second-order valence-electron chi connectivity index (χ2n) is 2.64. The lowest BCUT2D eigenvalue weighted by Gasteiger charge is -1.97. The third-order valence-electron chi connectivity index (χ3n) is 1.78. The van der Waals surface area contributed by atoms with Gasteiger partial charge in [-0.25, -0.2) is 4.79 Å². The molecule has 0 aliphatic heterocycles. The number of fused-ring (bicyclic) bond motifs is 1. The molecule has 0 fully saturated rings. The summed E-state index contributed by atoms with van der Waals surface area (Å²) in [5, 5.41) is 0. The molecule has 0 aromatic carbocycles. The summed E-state index contributed by atoms with van der Waals surface area (Å²) in [5.41, 5.74) is 0.764. The van der Waals surface area contributed by atoms with Crippen LogP contribution in [0.15, 0.2) is 39.6 Å². The SMILES string of the molecule is CC.O=c1ccc2c(o1)C=CC=CC2. The van der Waals surface area contributed by atoms with Crippen LogP contribution in [0.5, 0.6) is 0 Å². The molecule has 1 aliphatic carbocycles. The third-order valence-corrected chi connectivity index (χ3v) is 1.78. The summed E-state index contributed by atoms with van der Waals surface area (Å²) in [6.07, 6.45) is 8.48. The van der Waals surface area contributed by atoms with Crippen LogP contribution in [0.2, 0.25) is 0 Å². The van der Waals surface area contributed by atoms with Gasteiger partial charge in [0.15, 0.2) is 0 Å². The Kier molecular flexibility index (Phi) is 3.92. The van der Waals surface area contributed by atoms with Gasteiger partial charge in [-0.2, -0.15) is 0 Å². The molecule has 2 heteroatoms. The molecular weight excluding hydrogens is 176 g/mol. The molecular formula is C12H14O2. The van der Waals surface area contributed by atoms with Crippen molar-refractivity contribution in [3.8, 4) is 0 Å². The van der Waals surface area contributed by atoms with E-state index in [1.54, 1.807) is 12.1 Å². The Labute approximate surface area is 83.6 Å². The first-order valence-corrected chi connectivity index (χ1v) is 4.82. The fourth-order valence-electron chi connectivity index (χ4n) is 1.18. The van der Waals surface area contributed by atoms with Crippen LogP contribution in [0, 0.1) is 0 Å². The second-order valence-corrected chi connectivity index (χ2v) is 2.64. The lowest BCUT2D eigenvalue weighted by atomic mass is 10.1. The minimum Gasteiger partial charge on any atom is -0.423 e. The van der Waals surface area contributed by atoms with Crippen molar-refractivity contribution in [3.05, 3.63) is 52.1 Å². The van der Waals surface area contributed by atoms with Gasteiger partial charge in [-0.05, 0) is 24.1 Å². The second kappa shape index (κ2) is 5.22. The van der Waals surface area contributed by atoms with Gasteiger partial charge in [-0.1, -0.05) is 32.1 Å². The van der Waals surface area contributed by atoms with Crippen LogP contribution in [0.4, 0.5) is 0 Å². The lowest BCUT2D eigenvalue weighted by molar-refractivity contribution is 0.496. The summed E-state index contributed by atoms with van der Waals surface area (Å²) in [6.45, 7) is 4.00. The van der Waals surface area contributed by atoms with E-state index in [1.165, 1.54) is 6.07 Å². The molecule has 0 amide bonds. The molecule has 1 aromatic heterocycles. The quantitative estimate of drug-likeness (QED) is 0.629. The van der Waals surface area contributed by atoms with E-state index < -0.39 is 0 Å². The van der Waals surface area contributed by atoms with Gasteiger partial charge in [0, 0.05) is 6.07 Å². The Bertz CT molecular complexity index is 397. The topological polar surface area (TPSA) is 30.2 Å². The first-order valence-electron chi connectivity index (χ1n) is 4.82. The van der Waals surface area contributed by atoms with Gasteiger partial charge in [0.05, 0.1) is 0 Å². The van der Waals surface area contributed by atoms with Crippen molar-refractivity contribution in [1.29, 1.82) is 0 Å². The predicted molar refractivity (Wildman–Crippen MR) is 58.2 cm³/mol. The summed E-state index contributed by atoms with van der Waals surface area (Å²) in [4.78, 5) is 10.8. The highest BCUT2D eigenvalue weighted by molar-refractivity contribution is 5.51. The van der Waals surface area contributed by atoms with Gasteiger partial charge in [0.25, 0.3) is 0 Å². The largest absolute Gasteiger partial charge is 0.423 e. The van der Waals surface area contributed by atoms with Crippen LogP contribution in [0.25, 0.3) is 6.08 Å². The summed E-state index contributed by atoms with van der Waals surface area (Å²) in [5.74, 6) is 0.674. The molecule has 1 aliphatic rings. The van der Waals surface area contributed by atoms with E-state index in [2.05, 4.69) is 0 Å². The molecule has 14 heavy (non-hydrogen) atoms. The van der Waals surface area contributed by atoms with E-state index >= 15 is 0 Å². The highest BCUT2D eigenvalue weighted by Crippen LogP contribution is 2.12. The van der Waals surface area contributed by atoms with Crippen molar-refractivity contribution in [2.45, 2.75) is 20.3 Å². The molecule has 2 nitrogen and oxygen atoms in total. The Balaban J connectivity index is 0.000000461. The van der Waals surface area contributed by atoms with Crippen LogP contribution in [-0.2, 0) is 6.42 Å². The lowest BCUT2D eigenvalue weighted by Crippen LogP contribution is -1.99. The molecule has 2 rings (SSSR count). The average molecular weight is 190 g/mol. The molecule has 0 atom stereocenters. The Hall–Kier alpha value is -1.57. The van der Waals surface area contributed by atoms with Crippen LogP contribution < -0.4 is 5.63 Å². The molecule has 1 aromatic rings. The Morgan fingerprint density at radius 1 is 1.21 bits per heavy atom. The highest BCUT2D eigenvalue weighted by Gasteiger charge is 2.02. The number of hydrogen-bond donors (Lipinski definition) is 0. The molecule has 0 unspecified atom stereocenters. The summed E-state index contributed by atoms with van der Waals surface area (Å²) in [7, 11) is 0. The van der Waals surface area contributed by atoms with Crippen LogP contribution in [0.1, 0.15) is 25.2 Å². The van der Waals surface area contributed by atoms with Gasteiger partial charge < -0.3 is 4.42 Å². The van der Waals surface area contributed by atoms with Crippen LogP contribution in [-0.4, -0.2) is 0 Å². The maximum absolute atomic E-state index is 10.8. The average Bonchev–Trinajstić information content (AvgIpc) is 2.45. The number of hydrogen-bond acceptors (Lipinski definition) is 2. The number of allylic oxidation sites excluding steroid dienone is 3. The maximum atomic E-state index is 10.8. The summed E-state index contributed by atoms with van der Waals surface area (Å²) < 4.78 is 5.00. The zero-order valence-corrected chi connectivity index (χ0v) is 8.49. The van der Waals surface area contributed by atoms with Crippen molar-refractivity contribution in [1.82, 2.24) is 0 Å². The zero-order chi connectivity index (χ0) is 10.4. The van der Waals surface area contributed by atoms with E-state index in [1.807, 2.05) is 32.1 Å². The predicted octanol–water partition coefficient (Wildman–Crippen LogP) is 2.79. The van der Waals surface area contributed by atoms with Gasteiger partial charge >= 0.3 is 5.63 Å². The van der Waals surface area contributed by atoms with Gasteiger partial charge in [0.1, 0.15) is 5.76 Å². The normalized spacial score (nSPS) is 12.4. The standard InChI is InChI=1S/C10H8O2.C2H6/c11-10-7-6-8-4-2-1-3-5-9(8)12-10;1-2/h1-3,5-7H,4H2;1-2H3. The Morgan fingerprint density at radius 3 is 2.79 bits per heavy atom. The van der Waals surface area contributed by atoms with Crippen molar-refractivity contribution in [2.75, 3.05) is 0 Å². The molecule has 74 valence electrons. The molecule has 0 saturated heterocycles. The number of rotatable bonds is 0. The monoisotopic (exact) mass is 190 g/mol.